The van der Waals surface area contributed by atoms with Crippen LogP contribution in [0.2, 0.25) is 0 Å². The van der Waals surface area contributed by atoms with Crippen molar-refractivity contribution in [2.24, 2.45) is 5.73 Å². The Hall–Kier alpha value is -1.62. The summed E-state index contributed by atoms with van der Waals surface area (Å²) < 4.78 is 5.10. The average molecular weight is 252 g/mol. The van der Waals surface area contributed by atoms with Gasteiger partial charge in [0.15, 0.2) is 0 Å². The minimum Gasteiger partial charge on any atom is -0.446 e. The van der Waals surface area contributed by atoms with Crippen LogP contribution in [0.15, 0.2) is 24.3 Å². The molecule has 0 unspecified atom stereocenters. The molecule has 0 bridgehead atoms. The molecule has 5 heteroatoms. The predicted molar refractivity (Wildman–Crippen MR) is 72.3 cm³/mol. The smallest absolute Gasteiger partial charge is 0.414 e. The van der Waals surface area contributed by atoms with Crippen molar-refractivity contribution in [1.82, 2.24) is 0 Å². The van der Waals surface area contributed by atoms with Gasteiger partial charge in [0.1, 0.15) is 4.99 Å². The third-order valence-corrected chi connectivity index (χ3v) is 2.36. The molecule has 0 saturated carbocycles. The molecule has 1 aromatic rings. The molecule has 2 N–H and O–H groups in total. The summed E-state index contributed by atoms with van der Waals surface area (Å²) in [6, 6.07) is 7.18. The maximum Gasteiger partial charge on any atom is 0.414 e. The van der Waals surface area contributed by atoms with Crippen LogP contribution in [0, 0.1) is 0 Å². The number of amides is 1. The van der Waals surface area contributed by atoms with Gasteiger partial charge in [-0.25, -0.2) is 4.79 Å². The van der Waals surface area contributed by atoms with Crippen molar-refractivity contribution >= 4 is 29.0 Å². The van der Waals surface area contributed by atoms with Crippen LogP contribution in [-0.2, 0) is 4.74 Å². The lowest BCUT2D eigenvalue weighted by Crippen LogP contribution is -2.31. The second kappa shape index (κ2) is 5.63. The highest BCUT2D eigenvalue weighted by molar-refractivity contribution is 7.80. The molecule has 0 aliphatic heterocycles. The summed E-state index contributed by atoms with van der Waals surface area (Å²) in [4.78, 5) is 13.4. The Balaban J connectivity index is 2.99. The molecule has 0 saturated heterocycles. The van der Waals surface area contributed by atoms with Gasteiger partial charge in [-0.05, 0) is 26.0 Å². The minimum absolute atomic E-state index is 0.165. The molecule has 1 rings (SSSR count). The summed E-state index contributed by atoms with van der Waals surface area (Å²) in [6.45, 7) is 3.59. The summed E-state index contributed by atoms with van der Waals surface area (Å²) in [5, 5.41) is 0. The second-order valence-corrected chi connectivity index (χ2v) is 4.31. The van der Waals surface area contributed by atoms with Gasteiger partial charge in [-0.15, -0.1) is 0 Å². The van der Waals surface area contributed by atoms with Crippen molar-refractivity contribution < 1.29 is 9.53 Å². The molecule has 0 fully saturated rings. The summed E-state index contributed by atoms with van der Waals surface area (Å²) in [5.74, 6) is 0. The number of carbonyl (C=O) groups excluding carboxylic acids is 1. The van der Waals surface area contributed by atoms with E-state index in [1.807, 2.05) is 12.1 Å². The number of thiocarbonyl (C=S) groups is 1. The number of para-hydroxylation sites is 1. The number of anilines is 1. The normalized spacial score (nSPS) is 10.1. The molecular formula is C12H16N2O2S. The van der Waals surface area contributed by atoms with Crippen LogP contribution in [0.5, 0.6) is 0 Å². The highest BCUT2D eigenvalue weighted by atomic mass is 32.1. The maximum absolute atomic E-state index is 11.7. The van der Waals surface area contributed by atoms with E-state index in [0.717, 1.165) is 0 Å². The minimum atomic E-state index is -0.427. The molecule has 1 aromatic carbocycles. The van der Waals surface area contributed by atoms with E-state index >= 15 is 0 Å². The van der Waals surface area contributed by atoms with Crippen LogP contribution in [0.3, 0.4) is 0 Å². The first kappa shape index (κ1) is 13.4. The summed E-state index contributed by atoms with van der Waals surface area (Å²) in [6.07, 6.45) is -0.592. The van der Waals surface area contributed by atoms with Crippen molar-refractivity contribution in [3.63, 3.8) is 0 Å². The fourth-order valence-electron chi connectivity index (χ4n) is 1.35. The highest BCUT2D eigenvalue weighted by Gasteiger charge is 2.17. The summed E-state index contributed by atoms with van der Waals surface area (Å²) >= 11 is 4.94. The van der Waals surface area contributed by atoms with Crippen LogP contribution in [0.1, 0.15) is 19.4 Å². The third kappa shape index (κ3) is 3.42. The van der Waals surface area contributed by atoms with Gasteiger partial charge in [-0.3, -0.25) is 4.90 Å². The zero-order valence-electron chi connectivity index (χ0n) is 10.1. The van der Waals surface area contributed by atoms with Crippen molar-refractivity contribution in [1.29, 1.82) is 0 Å². The number of rotatable bonds is 3. The maximum atomic E-state index is 11.7. The van der Waals surface area contributed by atoms with E-state index in [1.54, 1.807) is 33.0 Å². The monoisotopic (exact) mass is 252 g/mol. The van der Waals surface area contributed by atoms with Crippen molar-refractivity contribution in [3.05, 3.63) is 29.8 Å². The van der Waals surface area contributed by atoms with E-state index in [4.69, 9.17) is 22.7 Å². The number of nitrogens with two attached hydrogens (primary N) is 1. The molecule has 0 aliphatic carbocycles. The van der Waals surface area contributed by atoms with Crippen LogP contribution in [-0.4, -0.2) is 24.2 Å². The molecule has 0 radical (unpaired) electrons. The Morgan fingerprint density at radius 3 is 2.53 bits per heavy atom. The van der Waals surface area contributed by atoms with E-state index in [9.17, 15) is 4.79 Å². The lowest BCUT2D eigenvalue weighted by Gasteiger charge is -2.21. The Morgan fingerprint density at radius 2 is 2.00 bits per heavy atom. The first-order valence-electron chi connectivity index (χ1n) is 5.26. The van der Waals surface area contributed by atoms with E-state index < -0.39 is 6.09 Å². The topological polar surface area (TPSA) is 55.6 Å². The Morgan fingerprint density at radius 1 is 1.41 bits per heavy atom. The molecule has 0 atom stereocenters. The molecule has 17 heavy (non-hydrogen) atoms. The number of hydrogen-bond acceptors (Lipinski definition) is 3. The number of nitrogens with zero attached hydrogens (tertiary/aromatic N) is 1. The van der Waals surface area contributed by atoms with Gasteiger partial charge >= 0.3 is 6.09 Å². The molecule has 0 aliphatic rings. The quantitative estimate of drug-likeness (QED) is 0.839. The molecular weight excluding hydrogens is 236 g/mol. The van der Waals surface area contributed by atoms with E-state index in [1.165, 1.54) is 4.90 Å². The van der Waals surface area contributed by atoms with Crippen molar-refractivity contribution in [2.75, 3.05) is 11.9 Å². The van der Waals surface area contributed by atoms with Crippen molar-refractivity contribution in [2.45, 2.75) is 20.0 Å². The van der Waals surface area contributed by atoms with E-state index in [2.05, 4.69) is 0 Å². The van der Waals surface area contributed by atoms with Gasteiger partial charge in [0.2, 0.25) is 0 Å². The molecule has 1 amide bonds. The molecule has 4 nitrogen and oxygen atoms in total. The van der Waals surface area contributed by atoms with Crippen LogP contribution in [0.4, 0.5) is 10.5 Å². The number of benzene rings is 1. The predicted octanol–water partition coefficient (Wildman–Crippen LogP) is 2.30. The van der Waals surface area contributed by atoms with Gasteiger partial charge in [0.05, 0.1) is 11.8 Å². The fourth-order valence-corrected chi connectivity index (χ4v) is 1.53. The van der Waals surface area contributed by atoms with Crippen LogP contribution in [0.25, 0.3) is 0 Å². The van der Waals surface area contributed by atoms with Gasteiger partial charge in [0.25, 0.3) is 0 Å². The number of carbonyl (C=O) groups is 1. The summed E-state index contributed by atoms with van der Waals surface area (Å²) in [7, 11) is 1.63. The first-order valence-corrected chi connectivity index (χ1v) is 5.67. The molecule has 0 aromatic heterocycles. The van der Waals surface area contributed by atoms with Crippen LogP contribution >= 0.6 is 12.2 Å². The average Bonchev–Trinajstić information content (AvgIpc) is 2.27. The zero-order chi connectivity index (χ0) is 13.0. The lowest BCUT2D eigenvalue weighted by molar-refractivity contribution is 0.124. The summed E-state index contributed by atoms with van der Waals surface area (Å²) in [5.41, 5.74) is 6.91. The van der Waals surface area contributed by atoms with Gasteiger partial charge in [-0.1, -0.05) is 24.4 Å². The molecule has 0 heterocycles. The lowest BCUT2D eigenvalue weighted by atomic mass is 10.1. The second-order valence-electron chi connectivity index (χ2n) is 3.87. The van der Waals surface area contributed by atoms with E-state index in [-0.39, 0.29) is 11.1 Å². The molecule has 92 valence electrons. The highest BCUT2D eigenvalue weighted by Crippen LogP contribution is 2.20. The third-order valence-electron chi connectivity index (χ3n) is 2.14. The van der Waals surface area contributed by atoms with Crippen molar-refractivity contribution in [3.8, 4) is 0 Å². The number of hydrogen-bond donors (Lipinski definition) is 1. The van der Waals surface area contributed by atoms with Gasteiger partial charge in [0, 0.05) is 12.6 Å². The Bertz CT molecular complexity index is 432. The van der Waals surface area contributed by atoms with Crippen LogP contribution < -0.4 is 10.6 Å². The standard InChI is InChI=1S/C12H16N2O2S/c1-8(2)16-12(15)14(3)10-7-5-4-6-9(10)11(13)17/h4-8H,1-3H3,(H2,13,17). The SMILES string of the molecule is CC(C)OC(=O)N(C)c1ccccc1C(N)=S. The Kier molecular flexibility index (Phi) is 4.45. The largest absolute Gasteiger partial charge is 0.446 e. The molecule has 0 spiro atoms. The zero-order valence-corrected chi connectivity index (χ0v) is 11.0. The number of ether oxygens (including phenoxy) is 1. The van der Waals surface area contributed by atoms with Gasteiger partial charge < -0.3 is 10.5 Å². The van der Waals surface area contributed by atoms with Gasteiger partial charge in [-0.2, -0.15) is 0 Å². The Labute approximate surface area is 106 Å². The first-order chi connectivity index (χ1) is 7.93. The van der Waals surface area contributed by atoms with E-state index in [0.29, 0.717) is 11.3 Å². The fraction of sp³-hybridized carbons (Fsp3) is 0.333.